The molecule has 0 unspecified atom stereocenters. The molecule has 16 bridgehead atoms. The molecular weight excluding hydrogens is 813 g/mol. The summed E-state index contributed by atoms with van der Waals surface area (Å²) in [6.45, 7) is 0. The summed E-state index contributed by atoms with van der Waals surface area (Å²) in [6.07, 6.45) is 3.98. The van der Waals surface area contributed by atoms with E-state index in [9.17, 15) is 0 Å². The molecule has 0 spiro atoms. The lowest BCUT2D eigenvalue weighted by Gasteiger charge is -2.08. The quantitative estimate of drug-likeness (QED) is 0.112. The SMILES string of the molecule is c1cc2c(cc3cc4cc5cc6c([nH]5)c(c5ccc7ccc8ccc(nc8c7n5)c2c3n4)c2cc3cc4cc5cc7[nH]ccc7c(c7ccc8ccc9ccc(nc9c8n7)c6c2n3)c5[nH]4)[nH]1. The maximum Gasteiger partial charge on any atom is 0.0972 e. The van der Waals surface area contributed by atoms with Crippen LogP contribution in [0.3, 0.4) is 0 Å². The number of pyridine rings is 4. The van der Waals surface area contributed by atoms with Crippen LogP contribution in [0.15, 0.2) is 146 Å². The van der Waals surface area contributed by atoms with Crippen molar-refractivity contribution in [3.05, 3.63) is 146 Å². The van der Waals surface area contributed by atoms with Crippen LogP contribution in [0, 0.1) is 0 Å². The molecule has 302 valence electrons. The van der Waals surface area contributed by atoms with Gasteiger partial charge in [0.15, 0.2) is 0 Å². The summed E-state index contributed by atoms with van der Waals surface area (Å²) in [5.41, 5.74) is 16.1. The largest absolute Gasteiger partial charge is 0.361 e. The summed E-state index contributed by atoms with van der Waals surface area (Å²) in [6, 6.07) is 47.5. The van der Waals surface area contributed by atoms with Crippen molar-refractivity contribution in [1.82, 2.24) is 49.8 Å². The van der Waals surface area contributed by atoms with E-state index in [4.69, 9.17) is 29.9 Å². The maximum atomic E-state index is 5.58. The molecule has 0 saturated heterocycles. The number of benzene rings is 5. The highest BCUT2D eigenvalue weighted by Gasteiger charge is 2.20. The van der Waals surface area contributed by atoms with Crippen LogP contribution in [0.25, 0.3) is 175 Å². The second-order valence-electron chi connectivity index (χ2n) is 17.9. The lowest BCUT2D eigenvalue weighted by molar-refractivity contribution is 1.46. The fraction of sp³-hybridized carbons (Fsp3) is 0. The highest BCUT2D eigenvalue weighted by molar-refractivity contribution is 6.32. The minimum atomic E-state index is 0.811. The Morgan fingerprint density at radius 2 is 0.758 bits per heavy atom. The van der Waals surface area contributed by atoms with Crippen molar-refractivity contribution < 1.29 is 0 Å². The number of nitrogens with zero attached hydrogens (tertiary/aromatic N) is 6. The number of aromatic nitrogens is 10. The first kappa shape index (κ1) is 33.3. The first-order chi connectivity index (χ1) is 32.6. The van der Waals surface area contributed by atoms with Crippen molar-refractivity contribution in [2.24, 2.45) is 0 Å². The molecule has 12 heterocycles. The molecule has 12 aromatic heterocycles. The van der Waals surface area contributed by atoms with Crippen molar-refractivity contribution >= 4 is 175 Å². The molecule has 0 aliphatic rings. The van der Waals surface area contributed by atoms with E-state index in [1.54, 1.807) is 0 Å². The van der Waals surface area contributed by atoms with Crippen LogP contribution < -0.4 is 0 Å². The predicted octanol–water partition coefficient (Wildman–Crippen LogP) is 13.8. The molecular formula is C56H28N10. The number of hydrogen-bond acceptors (Lipinski definition) is 6. The Balaban J connectivity index is 1.13. The zero-order valence-corrected chi connectivity index (χ0v) is 34.5. The van der Waals surface area contributed by atoms with Gasteiger partial charge in [-0.05, 0) is 84.9 Å². The number of rotatable bonds is 0. The van der Waals surface area contributed by atoms with Gasteiger partial charge in [0.1, 0.15) is 0 Å². The molecule has 0 saturated carbocycles. The van der Waals surface area contributed by atoms with E-state index in [0.29, 0.717) is 0 Å². The van der Waals surface area contributed by atoms with Gasteiger partial charge in [0.2, 0.25) is 0 Å². The Morgan fingerprint density at radius 3 is 1.38 bits per heavy atom. The minimum Gasteiger partial charge on any atom is -0.361 e. The molecule has 17 aromatic rings. The van der Waals surface area contributed by atoms with Gasteiger partial charge in [-0.1, -0.05) is 48.5 Å². The van der Waals surface area contributed by atoms with Crippen LogP contribution in [-0.4, -0.2) is 49.8 Å². The smallest absolute Gasteiger partial charge is 0.0972 e. The number of hydrogen-bond donors (Lipinski definition) is 4. The molecule has 0 fully saturated rings. The molecule has 17 rings (SSSR count). The highest BCUT2D eigenvalue weighted by Crippen LogP contribution is 2.41. The molecule has 0 amide bonds. The number of nitrogens with one attached hydrogen (secondary N) is 4. The summed E-state index contributed by atoms with van der Waals surface area (Å²) >= 11 is 0. The molecule has 4 N–H and O–H groups in total. The monoisotopic (exact) mass is 840 g/mol. The highest BCUT2D eigenvalue weighted by atomic mass is 14.8. The van der Waals surface area contributed by atoms with E-state index in [1.807, 2.05) is 12.4 Å². The van der Waals surface area contributed by atoms with E-state index >= 15 is 0 Å². The van der Waals surface area contributed by atoms with E-state index < -0.39 is 0 Å². The summed E-state index contributed by atoms with van der Waals surface area (Å²) in [5, 5.41) is 14.3. The second kappa shape index (κ2) is 11.4. The first-order valence-electron chi connectivity index (χ1n) is 22.1. The van der Waals surface area contributed by atoms with Gasteiger partial charge in [0.05, 0.1) is 77.2 Å². The average molecular weight is 841 g/mol. The summed E-state index contributed by atoms with van der Waals surface area (Å²) in [5.74, 6) is 0. The Labute approximate surface area is 368 Å². The van der Waals surface area contributed by atoms with Gasteiger partial charge >= 0.3 is 0 Å². The van der Waals surface area contributed by atoms with Gasteiger partial charge in [-0.2, -0.15) is 0 Å². The second-order valence-corrected chi connectivity index (χ2v) is 17.9. The van der Waals surface area contributed by atoms with E-state index in [-0.39, 0.29) is 0 Å². The zero-order valence-electron chi connectivity index (χ0n) is 34.5. The molecule has 0 aliphatic carbocycles. The molecule has 0 aliphatic heterocycles. The molecule has 0 atom stereocenters. The molecule has 66 heavy (non-hydrogen) atoms. The Morgan fingerprint density at radius 1 is 0.288 bits per heavy atom. The van der Waals surface area contributed by atoms with Gasteiger partial charge in [-0.15, -0.1) is 0 Å². The molecule has 10 heteroatoms. The Kier molecular flexibility index (Phi) is 5.78. The number of aromatic amines is 4. The van der Waals surface area contributed by atoms with Crippen molar-refractivity contribution in [3.8, 4) is 0 Å². The van der Waals surface area contributed by atoms with Crippen LogP contribution in [0.2, 0.25) is 0 Å². The third-order valence-electron chi connectivity index (χ3n) is 14.2. The average Bonchev–Trinajstić information content (AvgIpc) is 4.21. The van der Waals surface area contributed by atoms with Gasteiger partial charge < -0.3 is 19.9 Å². The molecule has 0 radical (unpaired) electrons. The normalized spacial score (nSPS) is 12.8. The lowest BCUT2D eigenvalue weighted by atomic mass is 10.0. The zero-order chi connectivity index (χ0) is 42.5. The van der Waals surface area contributed by atoms with Crippen molar-refractivity contribution in [2.45, 2.75) is 0 Å². The van der Waals surface area contributed by atoms with E-state index in [2.05, 4.69) is 153 Å². The third-order valence-corrected chi connectivity index (χ3v) is 14.2. The standard InChI is InChI=1S/C56H28N10/c1-3-27-7-11-41-47-37-23-33-22-32-18-30-20-44-36(14-16-58-44)46(50(30)60-32)40-10-6-26-2-4-28-8-12-42(66-54(28)52(26)64-40)48(56(37)62-33)38-24-34(61-55(38)47)21-31-17-29-19-43-35(13-15-57-43)45(49(29)59-31)39-9-5-25(1)51(63-39)53(27)65-41/h1-24,57-59,62H. The van der Waals surface area contributed by atoms with Crippen molar-refractivity contribution in [2.75, 3.05) is 0 Å². The van der Waals surface area contributed by atoms with E-state index in [0.717, 1.165) is 175 Å². The lowest BCUT2D eigenvalue weighted by Crippen LogP contribution is -1.89. The third kappa shape index (κ3) is 4.25. The van der Waals surface area contributed by atoms with Crippen LogP contribution in [0.4, 0.5) is 0 Å². The minimum absolute atomic E-state index is 0.811. The van der Waals surface area contributed by atoms with Gasteiger partial charge in [0.25, 0.3) is 0 Å². The summed E-state index contributed by atoms with van der Waals surface area (Å²) in [4.78, 5) is 47.6. The molecule has 10 nitrogen and oxygen atoms in total. The summed E-state index contributed by atoms with van der Waals surface area (Å²) < 4.78 is 0. The van der Waals surface area contributed by atoms with Gasteiger partial charge in [-0.25, -0.2) is 29.9 Å². The van der Waals surface area contributed by atoms with Crippen molar-refractivity contribution in [3.63, 3.8) is 0 Å². The van der Waals surface area contributed by atoms with Crippen LogP contribution in [0.5, 0.6) is 0 Å². The van der Waals surface area contributed by atoms with Crippen LogP contribution >= 0.6 is 0 Å². The fourth-order valence-electron chi connectivity index (χ4n) is 11.3. The Hall–Kier alpha value is -9.28. The van der Waals surface area contributed by atoms with Gasteiger partial charge in [0, 0.05) is 110 Å². The first-order valence-corrected chi connectivity index (χ1v) is 22.1. The summed E-state index contributed by atoms with van der Waals surface area (Å²) in [7, 11) is 0. The fourth-order valence-corrected chi connectivity index (χ4v) is 11.3. The van der Waals surface area contributed by atoms with Gasteiger partial charge in [-0.3, -0.25) is 0 Å². The predicted molar refractivity (Wildman–Crippen MR) is 271 cm³/mol. The number of fused-ring (bicyclic) bond motifs is 18. The van der Waals surface area contributed by atoms with Crippen LogP contribution in [-0.2, 0) is 0 Å². The Bertz CT molecular complexity index is 4810. The van der Waals surface area contributed by atoms with Crippen LogP contribution in [0.1, 0.15) is 0 Å². The molecule has 5 aromatic carbocycles. The number of H-pyrrole nitrogens is 4. The van der Waals surface area contributed by atoms with E-state index in [1.165, 1.54) is 0 Å². The maximum absolute atomic E-state index is 5.58. The topological polar surface area (TPSA) is 140 Å². The van der Waals surface area contributed by atoms with Crippen molar-refractivity contribution in [1.29, 1.82) is 0 Å².